The van der Waals surface area contributed by atoms with E-state index in [-0.39, 0.29) is 23.9 Å². The Kier molecular flexibility index (Phi) is 4.49. The quantitative estimate of drug-likeness (QED) is 0.890. The Balaban J connectivity index is 1.93. The molecule has 0 unspecified atom stereocenters. The summed E-state index contributed by atoms with van der Waals surface area (Å²) >= 11 is 0. The molecule has 0 radical (unpaired) electrons. The van der Waals surface area contributed by atoms with Gasteiger partial charge in [-0.1, -0.05) is 12.1 Å². The normalized spacial score (nSPS) is 20.6. The Morgan fingerprint density at radius 3 is 2.88 bits per heavy atom. The molecule has 2 heterocycles. The fourth-order valence-electron chi connectivity index (χ4n) is 3.19. The highest BCUT2D eigenvalue weighted by atomic mass is 16.2. The number of nitrogens with one attached hydrogen (secondary N) is 1. The van der Waals surface area contributed by atoms with E-state index in [2.05, 4.69) is 10.3 Å². The molecule has 0 bridgehead atoms. The van der Waals surface area contributed by atoms with Crippen LogP contribution < -0.4 is 11.1 Å². The van der Waals surface area contributed by atoms with Crippen LogP contribution in [0.3, 0.4) is 0 Å². The number of carbonyl (C=O) groups excluding carboxylic acids is 2. The topological polar surface area (TPSA) is 88.3 Å². The molecule has 6 nitrogen and oxygen atoms in total. The number of pyridine rings is 1. The number of likely N-dealkylation sites (tertiary alicyclic amines) is 1. The van der Waals surface area contributed by atoms with Gasteiger partial charge in [0.25, 0.3) is 5.91 Å². The van der Waals surface area contributed by atoms with Crippen molar-refractivity contribution >= 4 is 22.6 Å². The number of carbonyl (C=O) groups is 2. The van der Waals surface area contributed by atoms with Crippen LogP contribution in [-0.2, 0) is 4.79 Å². The number of aromatic nitrogens is 1. The minimum Gasteiger partial charge on any atom is -0.352 e. The van der Waals surface area contributed by atoms with Crippen LogP contribution in [-0.4, -0.2) is 46.4 Å². The monoisotopic (exact) mass is 326 g/mol. The number of nitrogens with two attached hydrogens (primary N) is 1. The number of benzene rings is 1. The SMILES string of the molecule is CC(C)NC(=O)[C@@H]1C[C@H](N)CN1C(=O)c1cccc2cnccc12. The maximum Gasteiger partial charge on any atom is 0.255 e. The van der Waals surface area contributed by atoms with Crippen molar-refractivity contribution in [3.8, 4) is 0 Å². The van der Waals surface area contributed by atoms with E-state index in [0.717, 1.165) is 10.8 Å². The summed E-state index contributed by atoms with van der Waals surface area (Å²) in [5.74, 6) is -0.308. The molecule has 1 aliphatic rings. The van der Waals surface area contributed by atoms with Gasteiger partial charge in [-0.05, 0) is 37.8 Å². The van der Waals surface area contributed by atoms with Gasteiger partial charge in [0, 0.05) is 42.0 Å². The van der Waals surface area contributed by atoms with Crippen LogP contribution in [0.2, 0.25) is 0 Å². The maximum atomic E-state index is 13.1. The summed E-state index contributed by atoms with van der Waals surface area (Å²) in [6.07, 6.45) is 3.87. The van der Waals surface area contributed by atoms with Crippen LogP contribution in [0, 0.1) is 0 Å². The summed E-state index contributed by atoms with van der Waals surface area (Å²) in [6.45, 7) is 4.18. The van der Waals surface area contributed by atoms with E-state index in [0.29, 0.717) is 18.5 Å². The van der Waals surface area contributed by atoms with Crippen molar-refractivity contribution < 1.29 is 9.59 Å². The van der Waals surface area contributed by atoms with Gasteiger partial charge in [0.1, 0.15) is 6.04 Å². The van der Waals surface area contributed by atoms with Gasteiger partial charge in [-0.25, -0.2) is 0 Å². The fourth-order valence-corrected chi connectivity index (χ4v) is 3.19. The number of hydrogen-bond donors (Lipinski definition) is 2. The molecule has 0 aliphatic carbocycles. The Hall–Kier alpha value is -2.47. The van der Waals surface area contributed by atoms with E-state index in [1.54, 1.807) is 23.4 Å². The minimum atomic E-state index is -0.521. The molecule has 126 valence electrons. The van der Waals surface area contributed by atoms with Crippen molar-refractivity contribution in [3.63, 3.8) is 0 Å². The lowest BCUT2D eigenvalue weighted by Crippen LogP contribution is -2.47. The molecule has 2 atom stereocenters. The highest BCUT2D eigenvalue weighted by Crippen LogP contribution is 2.24. The van der Waals surface area contributed by atoms with E-state index in [9.17, 15) is 9.59 Å². The highest BCUT2D eigenvalue weighted by Gasteiger charge is 2.38. The predicted octanol–water partition coefficient (Wildman–Crippen LogP) is 1.30. The molecule has 0 saturated carbocycles. The van der Waals surface area contributed by atoms with Crippen LogP contribution >= 0.6 is 0 Å². The molecular formula is C18H22N4O2. The highest BCUT2D eigenvalue weighted by molar-refractivity contribution is 6.08. The summed E-state index contributed by atoms with van der Waals surface area (Å²) in [7, 11) is 0. The lowest BCUT2D eigenvalue weighted by molar-refractivity contribution is -0.125. The zero-order chi connectivity index (χ0) is 17.3. The van der Waals surface area contributed by atoms with Crippen LogP contribution in [0.15, 0.2) is 36.7 Å². The van der Waals surface area contributed by atoms with Crippen molar-refractivity contribution in [2.75, 3.05) is 6.54 Å². The molecule has 1 aromatic carbocycles. The van der Waals surface area contributed by atoms with Gasteiger partial charge < -0.3 is 16.0 Å². The van der Waals surface area contributed by atoms with Crippen LogP contribution in [0.1, 0.15) is 30.6 Å². The van der Waals surface area contributed by atoms with Gasteiger partial charge in [0.2, 0.25) is 5.91 Å². The number of amides is 2. The molecule has 3 N–H and O–H groups in total. The summed E-state index contributed by atoms with van der Waals surface area (Å²) in [5, 5.41) is 4.61. The standard InChI is InChI=1S/C18H22N4O2/c1-11(2)21-17(23)16-8-13(19)10-22(16)18(24)15-5-3-4-12-9-20-7-6-14(12)15/h3-7,9,11,13,16H,8,10,19H2,1-2H3,(H,21,23)/t13-,16-/m0/s1. The van der Waals surface area contributed by atoms with Crippen molar-refractivity contribution in [2.45, 2.75) is 38.4 Å². The van der Waals surface area contributed by atoms with E-state index in [1.807, 2.05) is 32.0 Å². The zero-order valence-corrected chi connectivity index (χ0v) is 13.9. The average Bonchev–Trinajstić information content (AvgIpc) is 2.95. The predicted molar refractivity (Wildman–Crippen MR) is 92.4 cm³/mol. The Bertz CT molecular complexity index is 769. The molecule has 2 amide bonds. The molecule has 1 aromatic heterocycles. The minimum absolute atomic E-state index is 0.0231. The van der Waals surface area contributed by atoms with Crippen molar-refractivity contribution in [1.29, 1.82) is 0 Å². The second kappa shape index (κ2) is 6.57. The molecule has 24 heavy (non-hydrogen) atoms. The second-order valence-electron chi connectivity index (χ2n) is 6.53. The number of nitrogens with zero attached hydrogens (tertiary/aromatic N) is 2. The third-order valence-electron chi connectivity index (χ3n) is 4.24. The fraction of sp³-hybridized carbons (Fsp3) is 0.389. The van der Waals surface area contributed by atoms with Crippen molar-refractivity contribution in [2.24, 2.45) is 5.73 Å². The molecule has 3 rings (SSSR count). The van der Waals surface area contributed by atoms with Gasteiger partial charge in [-0.2, -0.15) is 0 Å². The number of hydrogen-bond acceptors (Lipinski definition) is 4. The first kappa shape index (κ1) is 16.4. The molecule has 1 aliphatic heterocycles. The number of rotatable bonds is 3. The van der Waals surface area contributed by atoms with E-state index >= 15 is 0 Å². The van der Waals surface area contributed by atoms with Gasteiger partial charge in [0.05, 0.1) is 0 Å². The van der Waals surface area contributed by atoms with Gasteiger partial charge in [-0.15, -0.1) is 0 Å². The third-order valence-corrected chi connectivity index (χ3v) is 4.24. The largest absolute Gasteiger partial charge is 0.352 e. The maximum absolute atomic E-state index is 13.1. The molecule has 2 aromatic rings. The van der Waals surface area contributed by atoms with Gasteiger partial charge in [-0.3, -0.25) is 14.6 Å². The molecule has 6 heteroatoms. The Labute approximate surface area is 141 Å². The first-order valence-corrected chi connectivity index (χ1v) is 8.17. The Morgan fingerprint density at radius 2 is 2.12 bits per heavy atom. The van der Waals surface area contributed by atoms with Crippen molar-refractivity contribution in [1.82, 2.24) is 15.2 Å². The Morgan fingerprint density at radius 1 is 1.33 bits per heavy atom. The summed E-state index contributed by atoms with van der Waals surface area (Å²) in [4.78, 5) is 31.2. The molecular weight excluding hydrogens is 304 g/mol. The van der Waals surface area contributed by atoms with Crippen molar-refractivity contribution in [3.05, 3.63) is 42.2 Å². The van der Waals surface area contributed by atoms with Gasteiger partial charge >= 0.3 is 0 Å². The first-order valence-electron chi connectivity index (χ1n) is 8.17. The molecule has 1 saturated heterocycles. The summed E-state index contributed by atoms with van der Waals surface area (Å²) < 4.78 is 0. The van der Waals surface area contributed by atoms with E-state index < -0.39 is 6.04 Å². The number of fused-ring (bicyclic) bond motifs is 1. The van der Waals surface area contributed by atoms with E-state index in [1.165, 1.54) is 0 Å². The van der Waals surface area contributed by atoms with Crippen LogP contribution in [0.5, 0.6) is 0 Å². The van der Waals surface area contributed by atoms with Crippen LogP contribution in [0.4, 0.5) is 0 Å². The second-order valence-corrected chi connectivity index (χ2v) is 6.53. The summed E-state index contributed by atoms with van der Waals surface area (Å²) in [5.41, 5.74) is 6.60. The first-order chi connectivity index (χ1) is 11.5. The lowest BCUT2D eigenvalue weighted by atomic mass is 10.0. The van der Waals surface area contributed by atoms with Gasteiger partial charge in [0.15, 0.2) is 0 Å². The summed E-state index contributed by atoms with van der Waals surface area (Å²) in [6, 6.07) is 6.66. The average molecular weight is 326 g/mol. The smallest absolute Gasteiger partial charge is 0.255 e. The lowest BCUT2D eigenvalue weighted by Gasteiger charge is -2.25. The molecule has 1 fully saturated rings. The zero-order valence-electron chi connectivity index (χ0n) is 13.9. The van der Waals surface area contributed by atoms with Crippen LogP contribution in [0.25, 0.3) is 10.8 Å². The third kappa shape index (κ3) is 3.10. The molecule has 0 spiro atoms. The van der Waals surface area contributed by atoms with E-state index in [4.69, 9.17) is 5.73 Å².